The van der Waals surface area contributed by atoms with Crippen molar-refractivity contribution < 1.29 is 19.5 Å². The van der Waals surface area contributed by atoms with Gasteiger partial charge in [-0.2, -0.15) is 0 Å². The highest BCUT2D eigenvalue weighted by Gasteiger charge is 2.19. The van der Waals surface area contributed by atoms with Crippen LogP contribution in [-0.4, -0.2) is 28.1 Å². The lowest BCUT2D eigenvalue weighted by molar-refractivity contribution is -0.142. The summed E-state index contributed by atoms with van der Waals surface area (Å²) in [5.74, 6) is -1.73. The number of hydrogen-bond donors (Lipinski definition) is 3. The number of carbonyl (C=O) groups excluding carboxylic acids is 2. The van der Waals surface area contributed by atoms with Gasteiger partial charge in [-0.1, -0.05) is 0 Å². The third-order valence-electron chi connectivity index (χ3n) is 1.05. The van der Waals surface area contributed by atoms with Gasteiger partial charge in [-0.25, -0.2) is 4.79 Å². The van der Waals surface area contributed by atoms with Gasteiger partial charge in [-0.3, -0.25) is 9.59 Å². The molecule has 0 aromatic heterocycles. The third kappa shape index (κ3) is 4.73. The number of nitrogens with one attached hydrogen (secondary N) is 1. The van der Waals surface area contributed by atoms with Gasteiger partial charge < -0.3 is 10.4 Å². The van der Waals surface area contributed by atoms with Crippen molar-refractivity contribution in [3.8, 4) is 0 Å². The Hall–Kier alpha value is -1.04. The Morgan fingerprint density at radius 1 is 1.50 bits per heavy atom. The molecule has 12 heavy (non-hydrogen) atoms. The van der Waals surface area contributed by atoms with Crippen molar-refractivity contribution in [2.24, 2.45) is 0 Å². The van der Waals surface area contributed by atoms with E-state index in [1.165, 1.54) is 6.92 Å². The number of thiol groups is 1. The fourth-order valence-corrected chi connectivity index (χ4v) is 0.803. The summed E-state index contributed by atoms with van der Waals surface area (Å²) in [6, 6.07) is -1.17. The molecule has 0 aromatic rings. The van der Waals surface area contributed by atoms with E-state index < -0.39 is 23.0 Å². The van der Waals surface area contributed by atoms with Gasteiger partial charge in [0.15, 0.2) is 5.12 Å². The van der Waals surface area contributed by atoms with E-state index in [4.69, 9.17) is 5.11 Å². The summed E-state index contributed by atoms with van der Waals surface area (Å²) in [6.45, 7) is 1.18. The van der Waals surface area contributed by atoms with Crippen molar-refractivity contribution in [3.63, 3.8) is 0 Å². The van der Waals surface area contributed by atoms with Crippen LogP contribution in [0, 0.1) is 0 Å². The van der Waals surface area contributed by atoms with E-state index >= 15 is 0 Å². The molecule has 0 saturated carbocycles. The second-order valence-electron chi connectivity index (χ2n) is 2.19. The van der Waals surface area contributed by atoms with E-state index in [0.29, 0.717) is 0 Å². The Morgan fingerprint density at radius 3 is 2.25 bits per heavy atom. The van der Waals surface area contributed by atoms with Crippen LogP contribution in [0.3, 0.4) is 0 Å². The molecule has 0 heterocycles. The van der Waals surface area contributed by atoms with Gasteiger partial charge in [0.05, 0.1) is 0 Å². The molecule has 0 bridgehead atoms. The van der Waals surface area contributed by atoms with Gasteiger partial charge in [-0.15, -0.1) is 12.6 Å². The smallest absolute Gasteiger partial charge is 0.326 e. The molecule has 5 nitrogen and oxygen atoms in total. The maximum absolute atomic E-state index is 10.4. The first-order chi connectivity index (χ1) is 5.43. The number of amides is 1. The van der Waals surface area contributed by atoms with Gasteiger partial charge in [0.25, 0.3) is 0 Å². The Labute approximate surface area is 74.5 Å². The minimum atomic E-state index is -1.24. The lowest BCUT2D eigenvalue weighted by Gasteiger charge is -2.09. The summed E-state index contributed by atoms with van der Waals surface area (Å²) in [5, 5.41) is 10.00. The summed E-state index contributed by atoms with van der Waals surface area (Å²) < 4.78 is 0. The van der Waals surface area contributed by atoms with E-state index in [0.717, 1.165) is 0 Å². The minimum absolute atomic E-state index is 0.308. The molecule has 0 radical (unpaired) electrons. The highest BCUT2D eigenvalue weighted by molar-refractivity contribution is 7.96. The minimum Gasteiger partial charge on any atom is -0.480 e. The molecule has 0 saturated heterocycles. The van der Waals surface area contributed by atoms with Crippen LogP contribution in [-0.2, 0) is 14.4 Å². The molecule has 0 aliphatic heterocycles. The summed E-state index contributed by atoms with van der Waals surface area (Å²) in [4.78, 5) is 31.2. The molecule has 2 N–H and O–H groups in total. The first kappa shape index (κ1) is 11.0. The normalized spacial score (nSPS) is 11.8. The van der Waals surface area contributed by atoms with Gasteiger partial charge in [0, 0.05) is 13.3 Å². The molecule has 0 fully saturated rings. The van der Waals surface area contributed by atoms with Gasteiger partial charge in [0.1, 0.15) is 6.04 Å². The number of carboxylic acids is 1. The number of carboxylic acid groups (broad SMARTS) is 1. The fraction of sp³-hybridized carbons (Fsp3) is 0.500. The van der Waals surface area contributed by atoms with Gasteiger partial charge in [0.2, 0.25) is 5.91 Å². The molecule has 1 atom stereocenters. The SMILES string of the molecule is CC(=O)N[C@@H](CC(=O)S)C(=O)O. The highest BCUT2D eigenvalue weighted by atomic mass is 32.1. The average Bonchev–Trinajstić information content (AvgIpc) is 1.83. The van der Waals surface area contributed by atoms with Crippen LogP contribution in [0.1, 0.15) is 13.3 Å². The van der Waals surface area contributed by atoms with E-state index in [2.05, 4.69) is 17.9 Å². The quantitative estimate of drug-likeness (QED) is 0.519. The molecule has 0 aliphatic rings. The zero-order chi connectivity index (χ0) is 9.72. The average molecular weight is 191 g/mol. The number of rotatable bonds is 4. The van der Waals surface area contributed by atoms with Crippen molar-refractivity contribution in [2.75, 3.05) is 0 Å². The van der Waals surface area contributed by atoms with Crippen LogP contribution in [0.5, 0.6) is 0 Å². The van der Waals surface area contributed by atoms with E-state index in [1.54, 1.807) is 0 Å². The molecule has 0 aliphatic carbocycles. The molecule has 1 amide bonds. The lowest BCUT2D eigenvalue weighted by Crippen LogP contribution is -2.40. The van der Waals surface area contributed by atoms with Crippen molar-refractivity contribution in [3.05, 3.63) is 0 Å². The molecule has 6 heteroatoms. The second-order valence-corrected chi connectivity index (χ2v) is 2.69. The molecule has 0 rings (SSSR count). The topological polar surface area (TPSA) is 83.5 Å². The van der Waals surface area contributed by atoms with Crippen molar-refractivity contribution in [1.82, 2.24) is 5.32 Å². The number of aliphatic carboxylic acids is 1. The Kier molecular flexibility index (Phi) is 4.35. The van der Waals surface area contributed by atoms with Crippen molar-refractivity contribution in [2.45, 2.75) is 19.4 Å². The van der Waals surface area contributed by atoms with Crippen LogP contribution in [0.4, 0.5) is 0 Å². The van der Waals surface area contributed by atoms with Crippen molar-refractivity contribution in [1.29, 1.82) is 0 Å². The van der Waals surface area contributed by atoms with Crippen LogP contribution >= 0.6 is 12.6 Å². The molecule has 0 unspecified atom stereocenters. The second kappa shape index (κ2) is 4.76. The lowest BCUT2D eigenvalue weighted by atomic mass is 10.2. The summed E-state index contributed by atoms with van der Waals surface area (Å²) in [5.41, 5.74) is 0. The van der Waals surface area contributed by atoms with Crippen LogP contribution in [0.25, 0.3) is 0 Å². The zero-order valence-electron chi connectivity index (χ0n) is 6.40. The maximum Gasteiger partial charge on any atom is 0.326 e. The third-order valence-corrected chi connectivity index (χ3v) is 1.24. The van der Waals surface area contributed by atoms with E-state index in [9.17, 15) is 14.4 Å². The van der Waals surface area contributed by atoms with Crippen molar-refractivity contribution >= 4 is 29.6 Å². The predicted molar refractivity (Wildman–Crippen MR) is 43.9 cm³/mol. The zero-order valence-corrected chi connectivity index (χ0v) is 7.30. The summed E-state index contributed by atoms with van der Waals surface area (Å²) in [6.07, 6.45) is -0.308. The molecular weight excluding hydrogens is 182 g/mol. The van der Waals surface area contributed by atoms with E-state index in [-0.39, 0.29) is 6.42 Å². The molecular formula is C6H9NO4S. The monoisotopic (exact) mass is 191 g/mol. The maximum atomic E-state index is 10.4. The summed E-state index contributed by atoms with van der Waals surface area (Å²) >= 11 is 3.40. The first-order valence-electron chi connectivity index (χ1n) is 3.15. The fourth-order valence-electron chi connectivity index (χ4n) is 0.620. The predicted octanol–water partition coefficient (Wildman–Crippen LogP) is -0.578. The molecule has 68 valence electrons. The Bertz CT molecular complexity index is 200. The number of carbonyl (C=O) groups is 3. The first-order valence-corrected chi connectivity index (χ1v) is 3.60. The number of hydrogen-bond acceptors (Lipinski definition) is 3. The standard InChI is InChI=1S/C6H9NO4S/c1-3(8)7-4(6(10)11)2-5(9)12/h4H,2H2,1H3,(H,7,8)(H,9,12)(H,10,11)/t4-/m0/s1. The Morgan fingerprint density at radius 2 is 2.00 bits per heavy atom. The summed E-state index contributed by atoms with van der Waals surface area (Å²) in [7, 11) is 0. The van der Waals surface area contributed by atoms with Crippen LogP contribution in [0.2, 0.25) is 0 Å². The van der Waals surface area contributed by atoms with Gasteiger partial charge >= 0.3 is 5.97 Å². The highest BCUT2D eigenvalue weighted by Crippen LogP contribution is 1.96. The Balaban J connectivity index is 4.14. The molecule has 0 spiro atoms. The van der Waals surface area contributed by atoms with Crippen LogP contribution in [0.15, 0.2) is 0 Å². The van der Waals surface area contributed by atoms with Gasteiger partial charge in [-0.05, 0) is 0 Å². The van der Waals surface area contributed by atoms with Crippen LogP contribution < -0.4 is 5.32 Å². The molecule has 0 aromatic carbocycles. The van der Waals surface area contributed by atoms with E-state index in [1.807, 2.05) is 0 Å². The largest absolute Gasteiger partial charge is 0.480 e.